The van der Waals surface area contributed by atoms with Crippen LogP contribution in [0.5, 0.6) is 11.5 Å². The molecule has 0 saturated heterocycles. The van der Waals surface area contributed by atoms with Gasteiger partial charge in [0, 0.05) is 4.47 Å². The second-order valence-electron chi connectivity index (χ2n) is 3.90. The fraction of sp³-hybridized carbons (Fsp3) is 0.538. The first-order chi connectivity index (χ1) is 9.49. The minimum atomic E-state index is -3.15. The molecule has 0 atom stereocenters. The molecule has 0 heterocycles. The molecule has 0 aromatic heterocycles. The number of hydrogen-bond donors (Lipinski definition) is 0. The van der Waals surface area contributed by atoms with Crippen LogP contribution in [0.15, 0.2) is 16.6 Å². The predicted molar refractivity (Wildman–Crippen MR) is 81.8 cm³/mol. The van der Waals surface area contributed by atoms with Gasteiger partial charge in [-0.1, -0.05) is 15.9 Å². The lowest BCUT2D eigenvalue weighted by molar-refractivity contribution is 0.219. The minimum absolute atomic E-state index is 0.176. The van der Waals surface area contributed by atoms with Crippen molar-refractivity contribution in [2.45, 2.75) is 20.0 Å². The number of hydrogen-bond acceptors (Lipinski definition) is 5. The average molecular weight is 367 g/mol. The molecule has 0 N–H and O–H groups in total. The summed E-state index contributed by atoms with van der Waals surface area (Å²) in [6.45, 7) is 4.25. The molecule has 0 spiro atoms. The van der Waals surface area contributed by atoms with Crippen LogP contribution in [0, 0.1) is 0 Å². The summed E-state index contributed by atoms with van der Waals surface area (Å²) in [7, 11) is -0.0280. The van der Waals surface area contributed by atoms with Crippen molar-refractivity contribution >= 4 is 23.5 Å². The van der Waals surface area contributed by atoms with Gasteiger partial charge in [0.05, 0.1) is 33.6 Å². The maximum Gasteiger partial charge on any atom is 0.335 e. The molecule has 0 aliphatic carbocycles. The fourth-order valence-electron chi connectivity index (χ4n) is 1.75. The third-order valence-corrected chi connectivity index (χ3v) is 5.34. The standard InChI is InChI=1S/C13H20BrO5P/c1-5-18-20(15,19-6-2)9-10-7-12(16-3)13(17-4)8-11(10)14/h7-8H,5-6,9H2,1-4H3. The van der Waals surface area contributed by atoms with Crippen molar-refractivity contribution in [2.75, 3.05) is 27.4 Å². The first kappa shape index (κ1) is 17.5. The Balaban J connectivity index is 3.09. The van der Waals surface area contributed by atoms with Gasteiger partial charge in [-0.3, -0.25) is 4.57 Å². The Kier molecular flexibility index (Phi) is 7.03. The Morgan fingerprint density at radius 3 is 2.00 bits per heavy atom. The second-order valence-corrected chi connectivity index (χ2v) is 6.81. The van der Waals surface area contributed by atoms with Crippen LogP contribution in [0.4, 0.5) is 0 Å². The van der Waals surface area contributed by atoms with Gasteiger partial charge in [0.25, 0.3) is 0 Å². The predicted octanol–water partition coefficient (Wildman–Crippen LogP) is 4.23. The summed E-state index contributed by atoms with van der Waals surface area (Å²) in [6, 6.07) is 3.55. The van der Waals surface area contributed by atoms with E-state index in [9.17, 15) is 4.57 Å². The van der Waals surface area contributed by atoms with Crippen molar-refractivity contribution in [3.63, 3.8) is 0 Å². The number of benzene rings is 1. The molecule has 20 heavy (non-hydrogen) atoms. The van der Waals surface area contributed by atoms with Gasteiger partial charge in [-0.2, -0.15) is 0 Å². The highest BCUT2D eigenvalue weighted by Crippen LogP contribution is 2.53. The molecule has 5 nitrogen and oxygen atoms in total. The van der Waals surface area contributed by atoms with Crippen LogP contribution in [0.1, 0.15) is 19.4 Å². The molecular formula is C13H20BrO5P. The topological polar surface area (TPSA) is 54.0 Å². The number of rotatable bonds is 8. The van der Waals surface area contributed by atoms with Crippen LogP contribution >= 0.6 is 23.5 Å². The maximum atomic E-state index is 12.6. The summed E-state index contributed by atoms with van der Waals surface area (Å²) in [4.78, 5) is 0. The summed E-state index contributed by atoms with van der Waals surface area (Å²) in [5, 5.41) is 0. The first-order valence-electron chi connectivity index (χ1n) is 6.28. The highest BCUT2D eigenvalue weighted by atomic mass is 79.9. The molecular weight excluding hydrogens is 347 g/mol. The second kappa shape index (κ2) is 8.03. The van der Waals surface area contributed by atoms with E-state index in [2.05, 4.69) is 15.9 Å². The number of halogens is 1. The molecule has 0 bridgehead atoms. The molecule has 0 saturated carbocycles. The van der Waals surface area contributed by atoms with Crippen molar-refractivity contribution in [1.82, 2.24) is 0 Å². The van der Waals surface area contributed by atoms with Crippen LogP contribution in [0.25, 0.3) is 0 Å². The van der Waals surface area contributed by atoms with Crippen molar-refractivity contribution in [3.8, 4) is 11.5 Å². The van der Waals surface area contributed by atoms with Gasteiger partial charge >= 0.3 is 7.60 Å². The molecule has 0 aliphatic heterocycles. The van der Waals surface area contributed by atoms with Gasteiger partial charge in [0.1, 0.15) is 0 Å². The van der Waals surface area contributed by atoms with Crippen LogP contribution in [-0.4, -0.2) is 27.4 Å². The summed E-state index contributed by atoms with van der Waals surface area (Å²) < 4.78 is 34.4. The first-order valence-corrected chi connectivity index (χ1v) is 8.80. The molecule has 0 aliphatic rings. The van der Waals surface area contributed by atoms with E-state index in [4.69, 9.17) is 18.5 Å². The Hall–Kier alpha value is -0.550. The fourth-order valence-corrected chi connectivity index (χ4v) is 4.15. The van der Waals surface area contributed by atoms with Gasteiger partial charge in [-0.15, -0.1) is 0 Å². The summed E-state index contributed by atoms with van der Waals surface area (Å²) in [6.07, 6.45) is 0.176. The van der Waals surface area contributed by atoms with E-state index in [1.807, 2.05) is 0 Å². The van der Waals surface area contributed by atoms with Crippen molar-refractivity contribution < 1.29 is 23.1 Å². The Morgan fingerprint density at radius 1 is 1.05 bits per heavy atom. The van der Waals surface area contributed by atoms with Crippen molar-refractivity contribution in [2.24, 2.45) is 0 Å². The van der Waals surface area contributed by atoms with E-state index in [1.54, 1.807) is 40.2 Å². The zero-order valence-corrected chi connectivity index (χ0v) is 14.6. The Labute approximate surface area is 128 Å². The largest absolute Gasteiger partial charge is 0.493 e. The van der Waals surface area contributed by atoms with E-state index in [0.717, 1.165) is 10.0 Å². The third-order valence-electron chi connectivity index (χ3n) is 2.57. The molecule has 0 radical (unpaired) electrons. The highest BCUT2D eigenvalue weighted by Gasteiger charge is 2.26. The lowest BCUT2D eigenvalue weighted by Gasteiger charge is -2.18. The lowest BCUT2D eigenvalue weighted by atomic mass is 10.2. The lowest BCUT2D eigenvalue weighted by Crippen LogP contribution is -2.01. The maximum absolute atomic E-state index is 12.6. The van der Waals surface area contributed by atoms with Gasteiger partial charge in [0.2, 0.25) is 0 Å². The zero-order chi connectivity index (χ0) is 15.2. The monoisotopic (exact) mass is 366 g/mol. The van der Waals surface area contributed by atoms with E-state index in [-0.39, 0.29) is 6.16 Å². The van der Waals surface area contributed by atoms with E-state index >= 15 is 0 Å². The third kappa shape index (κ3) is 4.48. The molecule has 0 fully saturated rings. The minimum Gasteiger partial charge on any atom is -0.493 e. The number of methoxy groups -OCH3 is 2. The summed E-state index contributed by atoms with van der Waals surface area (Å²) in [5.41, 5.74) is 0.785. The zero-order valence-electron chi connectivity index (χ0n) is 12.1. The average Bonchev–Trinajstić information content (AvgIpc) is 2.41. The molecule has 1 rings (SSSR count). The quantitative estimate of drug-likeness (QED) is 0.644. The van der Waals surface area contributed by atoms with Gasteiger partial charge in [-0.05, 0) is 31.5 Å². The molecule has 0 amide bonds. The molecule has 1 aromatic rings. The molecule has 7 heteroatoms. The van der Waals surface area contributed by atoms with Crippen LogP contribution in [-0.2, 0) is 19.8 Å². The van der Waals surface area contributed by atoms with Crippen LogP contribution in [0.3, 0.4) is 0 Å². The SMILES string of the molecule is CCOP(=O)(Cc1cc(OC)c(OC)cc1Br)OCC. The van der Waals surface area contributed by atoms with E-state index < -0.39 is 7.60 Å². The van der Waals surface area contributed by atoms with Crippen LogP contribution in [0.2, 0.25) is 0 Å². The van der Waals surface area contributed by atoms with Gasteiger partial charge in [0.15, 0.2) is 11.5 Å². The van der Waals surface area contributed by atoms with E-state index in [1.165, 1.54) is 0 Å². The smallest absolute Gasteiger partial charge is 0.335 e. The summed E-state index contributed by atoms with van der Waals surface area (Å²) >= 11 is 3.44. The Bertz CT molecular complexity index is 482. The van der Waals surface area contributed by atoms with Crippen molar-refractivity contribution in [1.29, 1.82) is 0 Å². The Morgan fingerprint density at radius 2 is 1.55 bits per heavy atom. The molecule has 1 aromatic carbocycles. The molecule has 114 valence electrons. The number of ether oxygens (including phenoxy) is 2. The van der Waals surface area contributed by atoms with Crippen LogP contribution < -0.4 is 9.47 Å². The highest BCUT2D eigenvalue weighted by molar-refractivity contribution is 9.10. The van der Waals surface area contributed by atoms with E-state index in [0.29, 0.717) is 24.7 Å². The normalized spacial score (nSPS) is 11.4. The van der Waals surface area contributed by atoms with Gasteiger partial charge < -0.3 is 18.5 Å². The molecule has 0 unspecified atom stereocenters. The van der Waals surface area contributed by atoms with Crippen molar-refractivity contribution in [3.05, 3.63) is 22.2 Å². The summed E-state index contributed by atoms with van der Waals surface area (Å²) in [5.74, 6) is 1.18. The van der Waals surface area contributed by atoms with Gasteiger partial charge in [-0.25, -0.2) is 0 Å².